The van der Waals surface area contributed by atoms with E-state index in [-0.39, 0.29) is 12.3 Å². The number of carboxylic acids is 1. The minimum absolute atomic E-state index is 0.214. The van der Waals surface area contributed by atoms with E-state index in [1.54, 1.807) is 0 Å². The molecule has 0 radical (unpaired) electrons. The van der Waals surface area contributed by atoms with Crippen LogP contribution < -0.4 is 5.32 Å². The Morgan fingerprint density at radius 2 is 1.21 bits per heavy atom. The molecule has 2 N–H and O–H groups in total. The molecular formula is C29H23NO3. The third kappa shape index (κ3) is 4.03. The first-order chi connectivity index (χ1) is 16.1. The van der Waals surface area contributed by atoms with Crippen molar-refractivity contribution in [3.8, 4) is 22.3 Å². The van der Waals surface area contributed by atoms with E-state index in [0.717, 1.165) is 38.9 Å². The van der Waals surface area contributed by atoms with Crippen LogP contribution in [0.3, 0.4) is 0 Å². The normalized spacial score (nSPS) is 13.1. The molecule has 0 fully saturated rings. The van der Waals surface area contributed by atoms with Crippen LogP contribution in [0.15, 0.2) is 103 Å². The first-order valence-electron chi connectivity index (χ1n) is 11.0. The van der Waals surface area contributed by atoms with Gasteiger partial charge in [-0.05, 0) is 38.9 Å². The number of carbonyl (C=O) groups is 2. The Hall–Kier alpha value is -4.18. The Morgan fingerprint density at radius 3 is 1.79 bits per heavy atom. The molecule has 0 unspecified atom stereocenters. The van der Waals surface area contributed by atoms with Crippen molar-refractivity contribution in [3.63, 3.8) is 0 Å². The fourth-order valence-corrected chi connectivity index (χ4v) is 4.59. The SMILES string of the molecule is O=C(N[C@H](Cc1ccc(-c2ccccc2)cc1)C(=O)O)C1c2ccccc2-c2ccccc21. The number of aliphatic carboxylic acids is 1. The molecule has 0 spiro atoms. The topological polar surface area (TPSA) is 66.4 Å². The van der Waals surface area contributed by atoms with E-state index in [4.69, 9.17) is 0 Å². The number of rotatable bonds is 6. The summed E-state index contributed by atoms with van der Waals surface area (Å²) in [6, 6.07) is 32.4. The molecule has 33 heavy (non-hydrogen) atoms. The predicted molar refractivity (Wildman–Crippen MR) is 129 cm³/mol. The van der Waals surface area contributed by atoms with Crippen molar-refractivity contribution in [1.82, 2.24) is 5.32 Å². The summed E-state index contributed by atoms with van der Waals surface area (Å²) in [6.45, 7) is 0. The number of nitrogens with one attached hydrogen (secondary N) is 1. The Kier molecular flexibility index (Phi) is 5.49. The Morgan fingerprint density at radius 1 is 0.697 bits per heavy atom. The molecule has 5 rings (SSSR count). The number of hydrogen-bond donors (Lipinski definition) is 2. The van der Waals surface area contributed by atoms with Crippen molar-refractivity contribution in [2.45, 2.75) is 18.4 Å². The summed E-state index contributed by atoms with van der Waals surface area (Å²) < 4.78 is 0. The van der Waals surface area contributed by atoms with E-state index < -0.39 is 17.9 Å². The van der Waals surface area contributed by atoms with Gasteiger partial charge in [0.25, 0.3) is 0 Å². The molecule has 4 aromatic carbocycles. The van der Waals surface area contributed by atoms with Crippen LogP contribution in [0.25, 0.3) is 22.3 Å². The van der Waals surface area contributed by atoms with E-state index in [1.165, 1.54) is 0 Å². The third-order valence-electron chi connectivity index (χ3n) is 6.21. The maximum Gasteiger partial charge on any atom is 0.326 e. The zero-order chi connectivity index (χ0) is 22.8. The van der Waals surface area contributed by atoms with Gasteiger partial charge in [0, 0.05) is 6.42 Å². The molecule has 4 aromatic rings. The minimum Gasteiger partial charge on any atom is -0.480 e. The summed E-state index contributed by atoms with van der Waals surface area (Å²) in [7, 11) is 0. The van der Waals surface area contributed by atoms with Crippen LogP contribution in [-0.4, -0.2) is 23.0 Å². The van der Waals surface area contributed by atoms with E-state index in [2.05, 4.69) is 5.32 Å². The van der Waals surface area contributed by atoms with Crippen molar-refractivity contribution >= 4 is 11.9 Å². The fraction of sp³-hybridized carbons (Fsp3) is 0.103. The number of benzene rings is 4. The number of hydrogen-bond acceptors (Lipinski definition) is 2. The van der Waals surface area contributed by atoms with Crippen LogP contribution in [0.4, 0.5) is 0 Å². The summed E-state index contributed by atoms with van der Waals surface area (Å²) in [5.41, 5.74) is 6.89. The van der Waals surface area contributed by atoms with Gasteiger partial charge in [0.05, 0.1) is 5.92 Å². The predicted octanol–water partition coefficient (Wildman–Crippen LogP) is 5.28. The molecule has 162 valence electrons. The molecule has 1 aliphatic rings. The molecule has 0 bridgehead atoms. The van der Waals surface area contributed by atoms with Crippen LogP contribution in [0.2, 0.25) is 0 Å². The number of carbonyl (C=O) groups excluding carboxylic acids is 1. The second kappa shape index (κ2) is 8.75. The maximum atomic E-state index is 13.3. The minimum atomic E-state index is -1.05. The standard InChI is InChI=1S/C29H23NO3/c31-28(27-24-12-6-4-10-22(24)23-11-5-7-13-25(23)27)30-26(29(32)33)18-19-14-16-21(17-15-19)20-8-2-1-3-9-20/h1-17,26-27H,18H2,(H,30,31)(H,32,33)/t26-/m1/s1. The highest BCUT2D eigenvalue weighted by Gasteiger charge is 2.35. The van der Waals surface area contributed by atoms with Gasteiger partial charge >= 0.3 is 5.97 Å². The molecule has 1 amide bonds. The van der Waals surface area contributed by atoms with Gasteiger partial charge in [-0.1, -0.05) is 103 Å². The van der Waals surface area contributed by atoms with E-state index in [0.29, 0.717) is 0 Å². The summed E-state index contributed by atoms with van der Waals surface area (Å²) in [5.74, 6) is -1.85. The Labute approximate surface area is 192 Å². The van der Waals surface area contributed by atoms with Crippen molar-refractivity contribution < 1.29 is 14.7 Å². The van der Waals surface area contributed by atoms with E-state index in [9.17, 15) is 14.7 Å². The van der Waals surface area contributed by atoms with Gasteiger partial charge < -0.3 is 10.4 Å². The summed E-state index contributed by atoms with van der Waals surface area (Å²) in [4.78, 5) is 25.4. The zero-order valence-corrected chi connectivity index (χ0v) is 17.9. The first-order valence-corrected chi connectivity index (χ1v) is 11.0. The van der Waals surface area contributed by atoms with Crippen LogP contribution in [0.5, 0.6) is 0 Å². The smallest absolute Gasteiger partial charge is 0.326 e. The molecule has 0 saturated heterocycles. The second-order valence-corrected chi connectivity index (χ2v) is 8.27. The monoisotopic (exact) mass is 433 g/mol. The quantitative estimate of drug-likeness (QED) is 0.435. The summed E-state index contributed by atoms with van der Waals surface area (Å²) >= 11 is 0. The lowest BCUT2D eigenvalue weighted by Gasteiger charge is -2.19. The summed E-state index contributed by atoms with van der Waals surface area (Å²) in [5, 5.41) is 12.6. The van der Waals surface area contributed by atoms with Gasteiger partial charge in [-0.2, -0.15) is 0 Å². The van der Waals surface area contributed by atoms with Crippen LogP contribution in [-0.2, 0) is 16.0 Å². The van der Waals surface area contributed by atoms with Crippen LogP contribution in [0.1, 0.15) is 22.6 Å². The Balaban J connectivity index is 1.36. The molecule has 4 nitrogen and oxygen atoms in total. The van der Waals surface area contributed by atoms with Crippen LogP contribution >= 0.6 is 0 Å². The number of fused-ring (bicyclic) bond motifs is 3. The molecule has 0 aromatic heterocycles. The van der Waals surface area contributed by atoms with Crippen molar-refractivity contribution in [2.24, 2.45) is 0 Å². The number of carboxylic acid groups (broad SMARTS) is 1. The van der Waals surface area contributed by atoms with Gasteiger partial charge in [0.2, 0.25) is 5.91 Å². The van der Waals surface area contributed by atoms with Gasteiger partial charge in [-0.3, -0.25) is 4.79 Å². The molecule has 4 heteroatoms. The zero-order valence-electron chi connectivity index (χ0n) is 17.9. The second-order valence-electron chi connectivity index (χ2n) is 8.27. The number of amides is 1. The molecule has 0 heterocycles. The molecule has 0 aliphatic heterocycles. The van der Waals surface area contributed by atoms with E-state index >= 15 is 0 Å². The first kappa shape index (κ1) is 20.7. The van der Waals surface area contributed by atoms with Crippen LogP contribution in [0, 0.1) is 0 Å². The van der Waals surface area contributed by atoms with Gasteiger partial charge in [-0.15, -0.1) is 0 Å². The highest BCUT2D eigenvalue weighted by Crippen LogP contribution is 2.44. The molecule has 1 atom stereocenters. The van der Waals surface area contributed by atoms with Gasteiger partial charge in [0.1, 0.15) is 6.04 Å². The van der Waals surface area contributed by atoms with Crippen molar-refractivity contribution in [1.29, 1.82) is 0 Å². The largest absolute Gasteiger partial charge is 0.480 e. The average Bonchev–Trinajstić information content (AvgIpc) is 3.19. The van der Waals surface area contributed by atoms with Crippen molar-refractivity contribution in [2.75, 3.05) is 0 Å². The fourth-order valence-electron chi connectivity index (χ4n) is 4.59. The lowest BCUT2D eigenvalue weighted by molar-refractivity contribution is -0.141. The Bertz CT molecular complexity index is 1270. The van der Waals surface area contributed by atoms with E-state index in [1.807, 2.05) is 103 Å². The highest BCUT2D eigenvalue weighted by atomic mass is 16.4. The maximum absolute atomic E-state index is 13.3. The van der Waals surface area contributed by atoms with Gasteiger partial charge in [-0.25, -0.2) is 4.79 Å². The lowest BCUT2D eigenvalue weighted by Crippen LogP contribution is -2.44. The van der Waals surface area contributed by atoms with Gasteiger partial charge in [0.15, 0.2) is 0 Å². The lowest BCUT2D eigenvalue weighted by atomic mass is 9.95. The van der Waals surface area contributed by atoms with Crippen molar-refractivity contribution in [3.05, 3.63) is 120 Å². The molecular weight excluding hydrogens is 410 g/mol. The summed E-state index contributed by atoms with van der Waals surface area (Å²) in [6.07, 6.45) is 0.214. The molecule has 1 aliphatic carbocycles. The molecule has 0 saturated carbocycles. The highest BCUT2D eigenvalue weighted by molar-refractivity contribution is 5.97. The average molecular weight is 434 g/mol. The third-order valence-corrected chi connectivity index (χ3v) is 6.21.